The Kier molecular flexibility index (Phi) is 10.6. The third kappa shape index (κ3) is 7.86. The Morgan fingerprint density at radius 1 is 1.19 bits per heavy atom. The summed E-state index contributed by atoms with van der Waals surface area (Å²) in [5.41, 5.74) is 13.2. The monoisotopic (exact) mass is 504 g/mol. The molecule has 1 aliphatic rings. The molecule has 0 spiro atoms. The predicted molar refractivity (Wildman–Crippen MR) is 151 cm³/mol. The first-order chi connectivity index (χ1) is 17.9. The molecular formula is C30H40N4O3. The number of pyridine rings is 1. The summed E-state index contributed by atoms with van der Waals surface area (Å²) in [6.45, 7) is 14.0. The third-order valence-electron chi connectivity index (χ3n) is 6.30. The van der Waals surface area contributed by atoms with Gasteiger partial charge in [0.15, 0.2) is 0 Å². The summed E-state index contributed by atoms with van der Waals surface area (Å²) in [6.07, 6.45) is 11.0. The third-order valence-corrected chi connectivity index (χ3v) is 6.30. The average molecular weight is 505 g/mol. The van der Waals surface area contributed by atoms with Crippen molar-refractivity contribution < 1.29 is 14.3 Å². The van der Waals surface area contributed by atoms with Crippen molar-refractivity contribution in [3.05, 3.63) is 72.1 Å². The molecule has 7 nitrogen and oxygen atoms in total. The van der Waals surface area contributed by atoms with Gasteiger partial charge in [0.05, 0.1) is 18.9 Å². The fraction of sp³-hybridized carbons (Fsp3) is 0.400. The van der Waals surface area contributed by atoms with Crippen LogP contribution in [0.4, 0.5) is 0 Å². The molecule has 2 aromatic heterocycles. The van der Waals surface area contributed by atoms with E-state index in [1.807, 2.05) is 31.3 Å². The van der Waals surface area contributed by atoms with Crippen LogP contribution in [0.2, 0.25) is 0 Å². The molecule has 0 aliphatic carbocycles. The second-order valence-electron chi connectivity index (χ2n) is 10.0. The van der Waals surface area contributed by atoms with Gasteiger partial charge >= 0.3 is 0 Å². The lowest BCUT2D eigenvalue weighted by atomic mass is 9.84. The van der Waals surface area contributed by atoms with Crippen molar-refractivity contribution in [2.45, 2.75) is 46.6 Å². The van der Waals surface area contributed by atoms with Gasteiger partial charge < -0.3 is 14.5 Å². The minimum absolute atomic E-state index is 0.245. The van der Waals surface area contributed by atoms with Crippen molar-refractivity contribution in [1.29, 1.82) is 0 Å². The molecule has 1 aliphatic heterocycles. The molecule has 0 amide bonds. The highest BCUT2D eigenvalue weighted by molar-refractivity contribution is 5.94. The fourth-order valence-corrected chi connectivity index (χ4v) is 4.48. The van der Waals surface area contributed by atoms with E-state index in [-0.39, 0.29) is 5.41 Å². The zero-order valence-electron chi connectivity index (χ0n) is 22.5. The van der Waals surface area contributed by atoms with E-state index in [1.165, 1.54) is 12.8 Å². The number of H-pyrrole nitrogens is 1. The van der Waals surface area contributed by atoms with Crippen LogP contribution in [-0.2, 0) is 27.3 Å². The number of nitrogens with one attached hydrogen (secondary N) is 3. The van der Waals surface area contributed by atoms with E-state index in [4.69, 9.17) is 9.47 Å². The SMILES string of the molecule is C1CCNNC1.C=C(/C=C/C)c1ccc2[nH]c(-c3cnccc3COC)c(CC(C)(C)COC=O)c2c1. The Bertz CT molecular complexity index is 1200. The number of aromatic nitrogens is 2. The summed E-state index contributed by atoms with van der Waals surface area (Å²) in [7, 11) is 1.69. The zero-order chi connectivity index (χ0) is 26.7. The topological polar surface area (TPSA) is 88.3 Å². The normalized spacial score (nSPS) is 13.8. The van der Waals surface area contributed by atoms with Crippen LogP contribution in [0.3, 0.4) is 0 Å². The van der Waals surface area contributed by atoms with Crippen molar-refractivity contribution in [2.24, 2.45) is 5.41 Å². The molecule has 37 heavy (non-hydrogen) atoms. The highest BCUT2D eigenvalue weighted by Gasteiger charge is 2.25. The molecule has 0 bridgehead atoms. The number of hydrogen-bond acceptors (Lipinski definition) is 6. The second-order valence-corrected chi connectivity index (χ2v) is 10.0. The number of nitrogens with zero attached hydrogens (tertiary/aromatic N) is 1. The van der Waals surface area contributed by atoms with Crippen LogP contribution in [0.5, 0.6) is 0 Å². The maximum Gasteiger partial charge on any atom is 0.293 e. The number of benzene rings is 1. The lowest BCUT2D eigenvalue weighted by Gasteiger charge is -2.24. The van der Waals surface area contributed by atoms with Crippen molar-refractivity contribution in [3.63, 3.8) is 0 Å². The van der Waals surface area contributed by atoms with Gasteiger partial charge in [-0.15, -0.1) is 0 Å². The van der Waals surface area contributed by atoms with Gasteiger partial charge in [0.25, 0.3) is 6.47 Å². The quantitative estimate of drug-likeness (QED) is 0.247. The van der Waals surface area contributed by atoms with Gasteiger partial charge in [0.2, 0.25) is 0 Å². The number of methoxy groups -OCH3 is 1. The molecule has 0 unspecified atom stereocenters. The van der Waals surface area contributed by atoms with Crippen molar-refractivity contribution >= 4 is 22.9 Å². The Labute approximate surface area is 220 Å². The lowest BCUT2D eigenvalue weighted by Crippen LogP contribution is -2.37. The molecule has 0 atom stereocenters. The number of carbonyl (C=O) groups is 1. The van der Waals surface area contributed by atoms with Gasteiger partial charge in [-0.25, -0.2) is 0 Å². The number of rotatable bonds is 10. The van der Waals surface area contributed by atoms with Crippen molar-refractivity contribution in [1.82, 2.24) is 20.8 Å². The molecule has 1 aromatic carbocycles. The minimum atomic E-state index is -0.245. The number of hydrazine groups is 1. The average Bonchev–Trinajstić information content (AvgIpc) is 3.26. The van der Waals surface area contributed by atoms with E-state index in [9.17, 15) is 4.79 Å². The van der Waals surface area contributed by atoms with Gasteiger partial charge in [0, 0.05) is 54.5 Å². The Hall–Kier alpha value is -3.26. The van der Waals surface area contributed by atoms with Crippen LogP contribution in [0, 0.1) is 5.41 Å². The molecule has 7 heteroatoms. The van der Waals surface area contributed by atoms with Crippen LogP contribution in [-0.4, -0.2) is 43.2 Å². The van der Waals surface area contributed by atoms with E-state index in [0.717, 1.165) is 63.9 Å². The second kappa shape index (κ2) is 13.9. The fourth-order valence-electron chi connectivity index (χ4n) is 4.48. The molecule has 3 N–H and O–H groups in total. The lowest BCUT2D eigenvalue weighted by molar-refractivity contribution is -0.131. The van der Waals surface area contributed by atoms with Gasteiger partial charge in [-0.2, -0.15) is 0 Å². The van der Waals surface area contributed by atoms with Crippen LogP contribution in [0.1, 0.15) is 50.3 Å². The molecule has 198 valence electrons. The highest BCUT2D eigenvalue weighted by Crippen LogP contribution is 2.37. The number of allylic oxidation sites excluding steroid dienone is 3. The first-order valence-electron chi connectivity index (χ1n) is 12.8. The van der Waals surface area contributed by atoms with E-state index in [0.29, 0.717) is 19.7 Å². The molecule has 1 saturated heterocycles. The smallest absolute Gasteiger partial charge is 0.293 e. The number of fused-ring (bicyclic) bond motifs is 1. The summed E-state index contributed by atoms with van der Waals surface area (Å²) in [4.78, 5) is 18.7. The van der Waals surface area contributed by atoms with Gasteiger partial charge in [-0.1, -0.05) is 38.6 Å². The molecule has 1 fully saturated rings. The van der Waals surface area contributed by atoms with Gasteiger partial charge in [-0.05, 0) is 66.6 Å². The molecule has 0 radical (unpaired) electrons. The molecule has 3 heterocycles. The molecule has 4 rings (SSSR count). The van der Waals surface area contributed by atoms with E-state index in [1.54, 1.807) is 13.3 Å². The number of ether oxygens (including phenoxy) is 2. The van der Waals surface area contributed by atoms with Crippen LogP contribution >= 0.6 is 0 Å². The van der Waals surface area contributed by atoms with Crippen LogP contribution in [0.15, 0.2) is 55.4 Å². The summed E-state index contributed by atoms with van der Waals surface area (Å²) >= 11 is 0. The Morgan fingerprint density at radius 2 is 1.95 bits per heavy atom. The first kappa shape index (κ1) is 28.3. The van der Waals surface area contributed by atoms with Gasteiger partial charge in [-0.3, -0.25) is 20.6 Å². The zero-order valence-corrected chi connectivity index (χ0v) is 22.5. The maximum absolute atomic E-state index is 10.8. The Morgan fingerprint density at radius 3 is 2.57 bits per heavy atom. The highest BCUT2D eigenvalue weighted by atomic mass is 16.5. The van der Waals surface area contributed by atoms with E-state index in [2.05, 4.69) is 59.4 Å². The van der Waals surface area contributed by atoms with Crippen molar-refractivity contribution in [3.8, 4) is 11.3 Å². The molecule has 0 saturated carbocycles. The summed E-state index contributed by atoms with van der Waals surface area (Å²) in [5.74, 6) is 0. The predicted octanol–water partition coefficient (Wildman–Crippen LogP) is 5.58. The number of aromatic amines is 1. The van der Waals surface area contributed by atoms with Gasteiger partial charge in [0.1, 0.15) is 0 Å². The number of carbonyl (C=O) groups excluding carboxylic acids is 1. The Balaban J connectivity index is 0.000000555. The minimum Gasteiger partial charge on any atom is -0.467 e. The van der Waals surface area contributed by atoms with Crippen molar-refractivity contribution in [2.75, 3.05) is 26.8 Å². The summed E-state index contributed by atoms with van der Waals surface area (Å²) < 4.78 is 10.5. The summed E-state index contributed by atoms with van der Waals surface area (Å²) in [5, 5.41) is 1.13. The first-order valence-corrected chi connectivity index (χ1v) is 12.8. The molecule has 3 aromatic rings. The van der Waals surface area contributed by atoms with E-state index >= 15 is 0 Å². The largest absolute Gasteiger partial charge is 0.467 e. The number of hydrogen-bond donors (Lipinski definition) is 3. The van der Waals surface area contributed by atoms with Crippen LogP contribution < -0.4 is 10.9 Å². The standard InChI is InChI=1S/C26H30N2O3.C4H10N2/c1-6-7-18(2)19-8-9-24-21(12-19)22(13-26(3,4)16-31-17-29)25(28-24)23-14-27-11-10-20(23)15-30-5;1-2-4-6-5-3-1/h6-12,14,17,28H,2,13,15-16H2,1,3-5H3;5-6H,1-4H2/b7-6+;. The van der Waals surface area contributed by atoms with Crippen LogP contribution in [0.25, 0.3) is 27.7 Å². The van der Waals surface area contributed by atoms with E-state index < -0.39 is 0 Å². The maximum atomic E-state index is 10.8. The molecular weight excluding hydrogens is 464 g/mol. The summed E-state index contributed by atoms with van der Waals surface area (Å²) in [6, 6.07) is 8.33.